The molecule has 1 aliphatic rings. The van der Waals surface area contributed by atoms with Crippen LogP contribution in [0.1, 0.15) is 24.0 Å². The number of hydrogen-bond acceptors (Lipinski definition) is 4. The van der Waals surface area contributed by atoms with Gasteiger partial charge in [-0.1, -0.05) is 30.3 Å². The topological polar surface area (TPSA) is 42.5 Å². The van der Waals surface area contributed by atoms with Gasteiger partial charge in [0.25, 0.3) is 0 Å². The molecule has 5 heteroatoms. The van der Waals surface area contributed by atoms with Crippen LogP contribution in [0.3, 0.4) is 0 Å². The fourth-order valence-corrected chi connectivity index (χ4v) is 2.66. The van der Waals surface area contributed by atoms with Crippen molar-refractivity contribution in [3.8, 4) is 0 Å². The molecule has 0 spiro atoms. The van der Waals surface area contributed by atoms with E-state index in [0.29, 0.717) is 18.7 Å². The maximum atomic E-state index is 14.1. The molecule has 1 heterocycles. The van der Waals surface area contributed by atoms with Crippen LogP contribution in [0, 0.1) is 5.82 Å². The standard InChI is InChI=1S/C19H23FN2O2/c20-19-11-15(12-21-22-17-5-2-1-3-6-17)8-9-16(19)13-23-14-18-7-4-10-24-18/h1-3,5-6,8-9,11,18,21-22H,4,7,10,12-14H2. The summed E-state index contributed by atoms with van der Waals surface area (Å²) < 4.78 is 25.2. The summed E-state index contributed by atoms with van der Waals surface area (Å²) in [5.41, 5.74) is 8.58. The van der Waals surface area contributed by atoms with E-state index in [1.54, 1.807) is 12.1 Å². The third-order valence-corrected chi connectivity index (χ3v) is 4.00. The van der Waals surface area contributed by atoms with Gasteiger partial charge in [-0.25, -0.2) is 9.82 Å². The van der Waals surface area contributed by atoms with Gasteiger partial charge in [0.1, 0.15) is 5.82 Å². The first-order valence-electron chi connectivity index (χ1n) is 8.32. The van der Waals surface area contributed by atoms with Crippen molar-refractivity contribution in [3.05, 3.63) is 65.5 Å². The zero-order valence-electron chi connectivity index (χ0n) is 13.6. The molecule has 128 valence electrons. The lowest BCUT2D eigenvalue weighted by molar-refractivity contribution is 0.00982. The fourth-order valence-electron chi connectivity index (χ4n) is 2.66. The first-order chi connectivity index (χ1) is 11.8. The lowest BCUT2D eigenvalue weighted by atomic mass is 10.1. The number of hydrogen-bond donors (Lipinski definition) is 2. The van der Waals surface area contributed by atoms with Gasteiger partial charge < -0.3 is 14.9 Å². The van der Waals surface area contributed by atoms with Gasteiger partial charge in [-0.15, -0.1) is 0 Å². The van der Waals surface area contributed by atoms with Crippen LogP contribution in [0.15, 0.2) is 48.5 Å². The zero-order valence-corrected chi connectivity index (χ0v) is 13.6. The van der Waals surface area contributed by atoms with E-state index in [-0.39, 0.29) is 18.5 Å². The molecule has 2 aromatic carbocycles. The van der Waals surface area contributed by atoms with Crippen LogP contribution < -0.4 is 10.9 Å². The van der Waals surface area contributed by atoms with Gasteiger partial charge in [-0.3, -0.25) is 0 Å². The lowest BCUT2D eigenvalue weighted by Crippen LogP contribution is -2.20. The van der Waals surface area contributed by atoms with E-state index in [9.17, 15) is 4.39 Å². The Morgan fingerprint density at radius 3 is 2.79 bits per heavy atom. The van der Waals surface area contributed by atoms with Gasteiger partial charge in [0, 0.05) is 24.4 Å². The highest BCUT2D eigenvalue weighted by molar-refractivity contribution is 5.41. The number of nitrogens with one attached hydrogen (secondary N) is 2. The molecule has 2 aromatic rings. The van der Waals surface area contributed by atoms with Crippen LogP contribution in [0.2, 0.25) is 0 Å². The van der Waals surface area contributed by atoms with E-state index < -0.39 is 0 Å². The summed E-state index contributed by atoms with van der Waals surface area (Å²) in [5.74, 6) is -0.235. The molecule has 0 radical (unpaired) electrons. The van der Waals surface area contributed by atoms with Crippen molar-refractivity contribution in [2.24, 2.45) is 0 Å². The van der Waals surface area contributed by atoms with E-state index in [4.69, 9.17) is 9.47 Å². The monoisotopic (exact) mass is 330 g/mol. The summed E-state index contributed by atoms with van der Waals surface area (Å²) in [6, 6.07) is 15.0. The van der Waals surface area contributed by atoms with Crippen molar-refractivity contribution in [1.82, 2.24) is 5.43 Å². The number of anilines is 1. The van der Waals surface area contributed by atoms with E-state index in [0.717, 1.165) is 30.7 Å². The maximum absolute atomic E-state index is 14.1. The summed E-state index contributed by atoms with van der Waals surface area (Å²) in [6.45, 7) is 2.15. The van der Waals surface area contributed by atoms with Crippen LogP contribution in [0.5, 0.6) is 0 Å². The molecule has 1 saturated heterocycles. The van der Waals surface area contributed by atoms with Crippen molar-refractivity contribution in [2.75, 3.05) is 18.6 Å². The molecule has 0 aliphatic carbocycles. The lowest BCUT2D eigenvalue weighted by Gasteiger charge is -2.12. The van der Waals surface area contributed by atoms with E-state index in [1.807, 2.05) is 36.4 Å². The Labute approximate surface area is 141 Å². The quantitative estimate of drug-likeness (QED) is 0.725. The predicted octanol–water partition coefficient (Wildman–Crippen LogP) is 3.64. The molecular formula is C19H23FN2O2. The molecule has 1 aliphatic heterocycles. The van der Waals surface area contributed by atoms with Crippen molar-refractivity contribution in [3.63, 3.8) is 0 Å². The highest BCUT2D eigenvalue weighted by atomic mass is 19.1. The van der Waals surface area contributed by atoms with E-state index in [2.05, 4.69) is 10.9 Å². The minimum atomic E-state index is -0.235. The van der Waals surface area contributed by atoms with Crippen molar-refractivity contribution >= 4 is 5.69 Å². The molecule has 0 aromatic heterocycles. The van der Waals surface area contributed by atoms with Gasteiger partial charge in [-0.2, -0.15) is 0 Å². The molecule has 3 rings (SSSR count). The highest BCUT2D eigenvalue weighted by Gasteiger charge is 2.15. The van der Waals surface area contributed by atoms with Gasteiger partial charge in [0.05, 0.1) is 19.3 Å². The third kappa shape index (κ3) is 5.03. The smallest absolute Gasteiger partial charge is 0.129 e. The van der Waals surface area contributed by atoms with Gasteiger partial charge in [0.2, 0.25) is 0 Å². The Morgan fingerprint density at radius 1 is 1.17 bits per heavy atom. The average Bonchev–Trinajstić information content (AvgIpc) is 3.11. The normalized spacial score (nSPS) is 17.1. The molecule has 0 bridgehead atoms. The number of para-hydroxylation sites is 1. The molecule has 0 amide bonds. The number of rotatable bonds is 8. The summed E-state index contributed by atoms with van der Waals surface area (Å²) >= 11 is 0. The number of benzene rings is 2. The van der Waals surface area contributed by atoms with Crippen LogP contribution in [0.4, 0.5) is 10.1 Å². The Kier molecular flexibility index (Phi) is 6.18. The number of ether oxygens (including phenoxy) is 2. The maximum Gasteiger partial charge on any atom is 0.129 e. The van der Waals surface area contributed by atoms with Crippen LogP contribution in [-0.4, -0.2) is 19.3 Å². The van der Waals surface area contributed by atoms with Crippen LogP contribution >= 0.6 is 0 Å². The zero-order chi connectivity index (χ0) is 16.6. The van der Waals surface area contributed by atoms with Gasteiger partial charge in [-0.05, 0) is 36.6 Å². The second-order valence-electron chi connectivity index (χ2n) is 5.92. The summed E-state index contributed by atoms with van der Waals surface area (Å²) in [4.78, 5) is 0. The Hall–Kier alpha value is -1.95. The summed E-state index contributed by atoms with van der Waals surface area (Å²) in [5, 5.41) is 0. The number of halogens is 1. The molecule has 4 nitrogen and oxygen atoms in total. The predicted molar refractivity (Wildman–Crippen MR) is 91.9 cm³/mol. The molecule has 1 atom stereocenters. The first kappa shape index (κ1) is 16.9. The van der Waals surface area contributed by atoms with Gasteiger partial charge >= 0.3 is 0 Å². The fraction of sp³-hybridized carbons (Fsp3) is 0.368. The Balaban J connectivity index is 1.43. The third-order valence-electron chi connectivity index (χ3n) is 4.00. The van der Waals surface area contributed by atoms with Crippen molar-refractivity contribution in [2.45, 2.75) is 32.1 Å². The van der Waals surface area contributed by atoms with Crippen LogP contribution in [0.25, 0.3) is 0 Å². The summed E-state index contributed by atoms with van der Waals surface area (Å²) in [6.07, 6.45) is 2.28. The second kappa shape index (κ2) is 8.78. The minimum Gasteiger partial charge on any atom is -0.376 e. The minimum absolute atomic E-state index is 0.167. The van der Waals surface area contributed by atoms with Crippen molar-refractivity contribution in [1.29, 1.82) is 0 Å². The van der Waals surface area contributed by atoms with Gasteiger partial charge in [0.15, 0.2) is 0 Å². The Bertz CT molecular complexity index is 631. The second-order valence-corrected chi connectivity index (χ2v) is 5.92. The van der Waals surface area contributed by atoms with E-state index in [1.165, 1.54) is 0 Å². The molecule has 1 fully saturated rings. The highest BCUT2D eigenvalue weighted by Crippen LogP contribution is 2.15. The molecule has 0 saturated carbocycles. The van der Waals surface area contributed by atoms with Crippen molar-refractivity contribution < 1.29 is 13.9 Å². The molecule has 2 N–H and O–H groups in total. The Morgan fingerprint density at radius 2 is 2.04 bits per heavy atom. The largest absolute Gasteiger partial charge is 0.376 e. The molecular weight excluding hydrogens is 307 g/mol. The summed E-state index contributed by atoms with van der Waals surface area (Å²) in [7, 11) is 0. The SMILES string of the molecule is Fc1cc(CNNc2ccccc2)ccc1COCC1CCCO1. The van der Waals surface area contributed by atoms with Crippen LogP contribution in [-0.2, 0) is 22.6 Å². The number of hydrazine groups is 1. The molecule has 24 heavy (non-hydrogen) atoms. The average molecular weight is 330 g/mol. The first-order valence-corrected chi connectivity index (χ1v) is 8.32. The van der Waals surface area contributed by atoms with E-state index >= 15 is 0 Å². The molecule has 1 unspecified atom stereocenters.